The lowest BCUT2D eigenvalue weighted by Crippen LogP contribution is -2.20. The van der Waals surface area contributed by atoms with Gasteiger partial charge in [-0.2, -0.15) is 0 Å². The van der Waals surface area contributed by atoms with E-state index < -0.39 is 5.97 Å². The largest absolute Gasteiger partial charge is 0.478 e. The Morgan fingerprint density at radius 3 is 2.58 bits per heavy atom. The van der Waals surface area contributed by atoms with Crippen LogP contribution < -0.4 is 11.1 Å². The number of pyridine rings is 1. The highest BCUT2D eigenvalue weighted by Crippen LogP contribution is 2.49. The van der Waals surface area contributed by atoms with Crippen molar-refractivity contribution in [3.63, 3.8) is 0 Å². The van der Waals surface area contributed by atoms with Crippen LogP contribution in [0.2, 0.25) is 0 Å². The van der Waals surface area contributed by atoms with E-state index in [1.165, 1.54) is 37.9 Å². The minimum absolute atomic E-state index is 0.117. The van der Waals surface area contributed by atoms with Gasteiger partial charge >= 0.3 is 5.97 Å². The third-order valence-corrected chi connectivity index (χ3v) is 4.18. The number of anilines is 2. The van der Waals surface area contributed by atoms with Gasteiger partial charge in [-0.15, -0.1) is 0 Å². The summed E-state index contributed by atoms with van der Waals surface area (Å²) in [5.74, 6) is 1.90. The van der Waals surface area contributed by atoms with E-state index in [9.17, 15) is 4.79 Å². The molecule has 3 rings (SSSR count). The third kappa shape index (κ3) is 2.64. The van der Waals surface area contributed by atoms with Crippen molar-refractivity contribution in [3.8, 4) is 0 Å². The Morgan fingerprint density at radius 1 is 1.42 bits per heavy atom. The zero-order valence-corrected chi connectivity index (χ0v) is 10.8. The second kappa shape index (κ2) is 4.72. The topological polar surface area (TPSA) is 88.2 Å². The Labute approximate surface area is 112 Å². The van der Waals surface area contributed by atoms with Crippen LogP contribution in [0.5, 0.6) is 0 Å². The highest BCUT2D eigenvalue weighted by atomic mass is 16.4. The maximum Gasteiger partial charge on any atom is 0.337 e. The predicted molar refractivity (Wildman–Crippen MR) is 73.0 cm³/mol. The van der Waals surface area contributed by atoms with Crippen molar-refractivity contribution in [1.82, 2.24) is 4.98 Å². The van der Waals surface area contributed by atoms with Crippen molar-refractivity contribution < 1.29 is 9.90 Å². The Kier molecular flexibility index (Phi) is 3.05. The molecule has 0 radical (unpaired) electrons. The first kappa shape index (κ1) is 12.3. The lowest BCUT2D eigenvalue weighted by molar-refractivity contribution is 0.0698. The summed E-state index contributed by atoms with van der Waals surface area (Å²) >= 11 is 0. The molecule has 2 fully saturated rings. The summed E-state index contributed by atoms with van der Waals surface area (Å²) in [6, 6.07) is 1.43. The summed E-state index contributed by atoms with van der Waals surface area (Å²) in [5.41, 5.74) is 6.20. The van der Waals surface area contributed by atoms with Crippen LogP contribution in [-0.4, -0.2) is 22.6 Å². The predicted octanol–water partition coefficient (Wildman–Crippen LogP) is 2.21. The van der Waals surface area contributed by atoms with Gasteiger partial charge in [0.2, 0.25) is 0 Å². The van der Waals surface area contributed by atoms with Crippen LogP contribution in [0.15, 0.2) is 12.3 Å². The molecule has 0 atom stereocenters. The summed E-state index contributed by atoms with van der Waals surface area (Å²) in [6.07, 6.45) is 6.83. The summed E-state index contributed by atoms with van der Waals surface area (Å²) in [4.78, 5) is 15.2. The first-order valence-corrected chi connectivity index (χ1v) is 6.88. The van der Waals surface area contributed by atoms with Gasteiger partial charge in [0.1, 0.15) is 5.82 Å². The normalized spacial score (nSPS) is 18.6. The second-order valence-corrected chi connectivity index (χ2v) is 5.65. The molecule has 2 saturated carbocycles. The van der Waals surface area contributed by atoms with Gasteiger partial charge in [0.25, 0.3) is 0 Å². The lowest BCUT2D eigenvalue weighted by atomic mass is 9.98. The molecule has 0 aromatic carbocycles. The van der Waals surface area contributed by atoms with Crippen LogP contribution in [0, 0.1) is 17.8 Å². The molecule has 1 aromatic heterocycles. The zero-order valence-electron chi connectivity index (χ0n) is 10.8. The molecule has 102 valence electrons. The molecule has 0 amide bonds. The first-order chi connectivity index (χ1) is 9.16. The Bertz CT molecular complexity index is 483. The fourth-order valence-electron chi connectivity index (χ4n) is 2.78. The zero-order chi connectivity index (χ0) is 13.4. The van der Waals surface area contributed by atoms with Crippen LogP contribution in [0.1, 0.15) is 36.0 Å². The maximum absolute atomic E-state index is 11.0. The van der Waals surface area contributed by atoms with Gasteiger partial charge in [0, 0.05) is 12.7 Å². The van der Waals surface area contributed by atoms with Crippen molar-refractivity contribution in [2.45, 2.75) is 25.7 Å². The number of nitrogen functional groups attached to an aromatic ring is 1. The highest BCUT2D eigenvalue weighted by Gasteiger charge is 2.41. The van der Waals surface area contributed by atoms with Gasteiger partial charge in [-0.25, -0.2) is 9.78 Å². The van der Waals surface area contributed by atoms with Crippen LogP contribution >= 0.6 is 0 Å². The monoisotopic (exact) mass is 261 g/mol. The van der Waals surface area contributed by atoms with Gasteiger partial charge in [0.05, 0.1) is 11.3 Å². The van der Waals surface area contributed by atoms with Crippen LogP contribution in [0.3, 0.4) is 0 Å². The number of aromatic nitrogens is 1. The number of aromatic carboxylic acids is 1. The van der Waals surface area contributed by atoms with Gasteiger partial charge < -0.3 is 16.2 Å². The Morgan fingerprint density at radius 2 is 2.05 bits per heavy atom. The molecule has 4 N–H and O–H groups in total. The molecule has 1 heterocycles. The fraction of sp³-hybridized carbons (Fsp3) is 0.571. The summed E-state index contributed by atoms with van der Waals surface area (Å²) in [7, 11) is 0. The van der Waals surface area contributed by atoms with Crippen LogP contribution in [0.4, 0.5) is 11.5 Å². The van der Waals surface area contributed by atoms with Crippen molar-refractivity contribution in [3.05, 3.63) is 17.8 Å². The van der Waals surface area contributed by atoms with E-state index in [1.54, 1.807) is 0 Å². The maximum atomic E-state index is 11.0. The van der Waals surface area contributed by atoms with Crippen LogP contribution in [-0.2, 0) is 0 Å². The molecule has 2 aliphatic carbocycles. The Balaban J connectivity index is 1.68. The summed E-state index contributed by atoms with van der Waals surface area (Å²) < 4.78 is 0. The van der Waals surface area contributed by atoms with Crippen molar-refractivity contribution >= 4 is 17.5 Å². The van der Waals surface area contributed by atoms with Gasteiger partial charge in [-0.3, -0.25) is 0 Å². The highest BCUT2D eigenvalue weighted by molar-refractivity contribution is 5.96. The third-order valence-electron chi connectivity index (χ3n) is 4.18. The number of hydrogen-bond acceptors (Lipinski definition) is 4. The second-order valence-electron chi connectivity index (χ2n) is 5.65. The fourth-order valence-corrected chi connectivity index (χ4v) is 2.78. The molecule has 19 heavy (non-hydrogen) atoms. The number of carboxylic acids is 1. The SMILES string of the molecule is Nc1c(C(=O)O)ccnc1NCC(C1CC1)C1CC1. The van der Waals surface area contributed by atoms with Crippen molar-refractivity contribution in [2.24, 2.45) is 17.8 Å². The number of nitrogens with one attached hydrogen (secondary N) is 1. The molecule has 5 heteroatoms. The number of hydrogen-bond donors (Lipinski definition) is 3. The van der Waals surface area contributed by atoms with E-state index in [1.807, 2.05) is 0 Å². The number of nitrogens with two attached hydrogens (primary N) is 1. The van der Waals surface area contributed by atoms with E-state index >= 15 is 0 Å². The molecule has 0 bridgehead atoms. The van der Waals surface area contributed by atoms with Crippen molar-refractivity contribution in [2.75, 3.05) is 17.6 Å². The van der Waals surface area contributed by atoms with E-state index in [0.717, 1.165) is 18.4 Å². The molecular weight excluding hydrogens is 242 g/mol. The average Bonchev–Trinajstić information content (AvgIpc) is 3.25. The lowest BCUT2D eigenvalue weighted by Gasteiger charge is -2.17. The van der Waals surface area contributed by atoms with Gasteiger partial charge in [-0.05, 0) is 49.5 Å². The molecule has 0 saturated heterocycles. The number of carboxylic acid groups (broad SMARTS) is 1. The minimum Gasteiger partial charge on any atom is -0.478 e. The number of rotatable bonds is 6. The smallest absolute Gasteiger partial charge is 0.337 e. The molecule has 0 spiro atoms. The molecule has 0 unspecified atom stereocenters. The first-order valence-electron chi connectivity index (χ1n) is 6.88. The molecule has 0 aliphatic heterocycles. The van der Waals surface area contributed by atoms with Gasteiger partial charge in [-0.1, -0.05) is 0 Å². The summed E-state index contributed by atoms with van der Waals surface area (Å²) in [6.45, 7) is 0.857. The van der Waals surface area contributed by atoms with Crippen molar-refractivity contribution in [1.29, 1.82) is 0 Å². The van der Waals surface area contributed by atoms with Gasteiger partial charge in [0.15, 0.2) is 0 Å². The molecule has 1 aromatic rings. The number of nitrogens with zero attached hydrogens (tertiary/aromatic N) is 1. The molecular formula is C14H19N3O2. The van der Waals surface area contributed by atoms with Crippen LogP contribution in [0.25, 0.3) is 0 Å². The Hall–Kier alpha value is -1.78. The van der Waals surface area contributed by atoms with E-state index in [0.29, 0.717) is 11.7 Å². The molecule has 5 nitrogen and oxygen atoms in total. The average molecular weight is 261 g/mol. The minimum atomic E-state index is -1.01. The molecule has 2 aliphatic rings. The quantitative estimate of drug-likeness (QED) is 0.730. The standard InChI is InChI=1S/C14H19N3O2/c15-12-10(14(18)19)5-6-16-13(12)17-7-11(8-1-2-8)9-3-4-9/h5-6,8-9,11H,1-4,7,15H2,(H,16,17)(H,18,19). The van der Waals surface area contributed by atoms with E-state index in [2.05, 4.69) is 10.3 Å². The van der Waals surface area contributed by atoms with E-state index in [4.69, 9.17) is 10.8 Å². The van der Waals surface area contributed by atoms with E-state index in [-0.39, 0.29) is 11.3 Å². The number of carbonyl (C=O) groups is 1. The summed E-state index contributed by atoms with van der Waals surface area (Å²) in [5, 5.41) is 12.3.